The van der Waals surface area contributed by atoms with E-state index in [9.17, 15) is 9.90 Å². The van der Waals surface area contributed by atoms with Crippen LogP contribution in [-0.4, -0.2) is 47.8 Å². The number of terminal acetylenes is 1. The van der Waals surface area contributed by atoms with Crippen LogP contribution in [0, 0.1) is 12.3 Å². The molecule has 1 saturated heterocycles. The number of likely N-dealkylation sites (tertiary alicyclic amines) is 1. The molecule has 0 aromatic rings. The fourth-order valence-electron chi connectivity index (χ4n) is 1.92. The molecule has 88 valence electrons. The van der Waals surface area contributed by atoms with Gasteiger partial charge in [-0.15, -0.1) is 18.9 Å². The van der Waals surface area contributed by atoms with Crippen molar-refractivity contribution < 1.29 is 14.6 Å². The Labute approximate surface area is 95.9 Å². The zero-order valence-corrected chi connectivity index (χ0v) is 9.43. The van der Waals surface area contributed by atoms with E-state index in [1.807, 2.05) is 0 Å². The molecule has 1 N–H and O–H groups in total. The van der Waals surface area contributed by atoms with E-state index in [-0.39, 0.29) is 18.4 Å². The Balaban J connectivity index is 2.65. The van der Waals surface area contributed by atoms with Crippen molar-refractivity contribution in [1.29, 1.82) is 0 Å². The molecule has 0 aromatic carbocycles. The SMILES string of the molecule is C#CC[C@H](O)[C@H]1[C@@H](OC)C(=O)N1CCC=C. The number of nitrogens with zero attached hydrogens (tertiary/aromatic N) is 1. The van der Waals surface area contributed by atoms with Crippen LogP contribution in [0.25, 0.3) is 0 Å². The van der Waals surface area contributed by atoms with E-state index in [1.165, 1.54) is 7.11 Å². The predicted octanol–water partition coefficient (Wildman–Crippen LogP) is 0.172. The molecule has 1 fully saturated rings. The van der Waals surface area contributed by atoms with Gasteiger partial charge >= 0.3 is 0 Å². The molecule has 3 atom stereocenters. The van der Waals surface area contributed by atoms with Crippen molar-refractivity contribution in [2.75, 3.05) is 13.7 Å². The van der Waals surface area contributed by atoms with Gasteiger partial charge in [-0.05, 0) is 6.42 Å². The molecule has 0 unspecified atom stereocenters. The quantitative estimate of drug-likeness (QED) is 0.397. The summed E-state index contributed by atoms with van der Waals surface area (Å²) >= 11 is 0. The molecule has 4 nitrogen and oxygen atoms in total. The van der Waals surface area contributed by atoms with Gasteiger partial charge in [0.1, 0.15) is 0 Å². The van der Waals surface area contributed by atoms with Gasteiger partial charge in [-0.1, -0.05) is 6.08 Å². The highest BCUT2D eigenvalue weighted by molar-refractivity contribution is 5.88. The van der Waals surface area contributed by atoms with Gasteiger partial charge in [-0.2, -0.15) is 0 Å². The molecule has 0 spiro atoms. The molecule has 0 bridgehead atoms. The monoisotopic (exact) mass is 223 g/mol. The lowest BCUT2D eigenvalue weighted by Gasteiger charge is -2.48. The van der Waals surface area contributed by atoms with Crippen molar-refractivity contribution in [2.45, 2.75) is 31.1 Å². The zero-order valence-electron chi connectivity index (χ0n) is 9.43. The Morgan fingerprint density at radius 2 is 2.50 bits per heavy atom. The van der Waals surface area contributed by atoms with Gasteiger partial charge in [-0.25, -0.2) is 0 Å². The molecule has 0 saturated carbocycles. The Morgan fingerprint density at radius 3 is 3.00 bits per heavy atom. The van der Waals surface area contributed by atoms with Crippen molar-refractivity contribution in [1.82, 2.24) is 4.90 Å². The molecule has 1 aliphatic heterocycles. The van der Waals surface area contributed by atoms with Crippen molar-refractivity contribution in [3.63, 3.8) is 0 Å². The first-order valence-corrected chi connectivity index (χ1v) is 5.23. The van der Waals surface area contributed by atoms with Gasteiger partial charge in [0.15, 0.2) is 6.10 Å². The van der Waals surface area contributed by atoms with Gasteiger partial charge in [0, 0.05) is 20.1 Å². The Bertz CT molecular complexity index is 308. The van der Waals surface area contributed by atoms with Crippen LogP contribution in [0.1, 0.15) is 12.8 Å². The van der Waals surface area contributed by atoms with Crippen LogP contribution < -0.4 is 0 Å². The molecule has 0 aliphatic carbocycles. The molecule has 1 aliphatic rings. The van der Waals surface area contributed by atoms with E-state index in [1.54, 1.807) is 11.0 Å². The lowest BCUT2D eigenvalue weighted by molar-refractivity contribution is -0.180. The summed E-state index contributed by atoms with van der Waals surface area (Å²) in [5.74, 6) is 2.30. The minimum absolute atomic E-state index is 0.0922. The van der Waals surface area contributed by atoms with E-state index < -0.39 is 12.2 Å². The number of methoxy groups -OCH3 is 1. The average Bonchev–Trinajstić information content (AvgIpc) is 2.26. The highest BCUT2D eigenvalue weighted by Crippen LogP contribution is 2.26. The first-order valence-electron chi connectivity index (χ1n) is 5.23. The molecule has 1 heterocycles. The topological polar surface area (TPSA) is 49.8 Å². The molecular weight excluding hydrogens is 206 g/mol. The minimum Gasteiger partial charge on any atom is -0.390 e. The predicted molar refractivity (Wildman–Crippen MR) is 60.6 cm³/mol. The summed E-state index contributed by atoms with van der Waals surface area (Å²) in [7, 11) is 1.46. The number of aliphatic hydroxyl groups excluding tert-OH is 1. The minimum atomic E-state index is -0.725. The first kappa shape index (κ1) is 12.8. The number of hydrogen-bond donors (Lipinski definition) is 1. The smallest absolute Gasteiger partial charge is 0.254 e. The van der Waals surface area contributed by atoms with Gasteiger partial charge < -0.3 is 14.7 Å². The maximum Gasteiger partial charge on any atom is 0.254 e. The summed E-state index contributed by atoms with van der Waals surface area (Å²) in [6.07, 6.45) is 6.51. The van der Waals surface area contributed by atoms with Crippen LogP contribution in [0.15, 0.2) is 12.7 Å². The Kier molecular flexibility index (Phi) is 4.53. The molecule has 0 aromatic heterocycles. The second-order valence-electron chi connectivity index (χ2n) is 3.73. The van der Waals surface area contributed by atoms with E-state index in [4.69, 9.17) is 11.2 Å². The van der Waals surface area contributed by atoms with Crippen LogP contribution in [0.3, 0.4) is 0 Å². The third-order valence-electron chi connectivity index (χ3n) is 2.75. The molecule has 0 radical (unpaired) electrons. The maximum atomic E-state index is 11.6. The van der Waals surface area contributed by atoms with Crippen molar-refractivity contribution in [3.05, 3.63) is 12.7 Å². The standard InChI is InChI=1S/C12H17NO3/c1-4-6-8-13-10(9(14)7-5-2)11(16-3)12(13)15/h2,4,9-11,14H,1,6-8H2,3H3/t9-,10-,11+/m0/s1. The van der Waals surface area contributed by atoms with Crippen molar-refractivity contribution in [3.8, 4) is 12.3 Å². The summed E-state index contributed by atoms with van der Waals surface area (Å²) in [5.41, 5.74) is 0. The Hall–Kier alpha value is -1.31. The summed E-state index contributed by atoms with van der Waals surface area (Å²) in [5, 5.41) is 9.82. The molecular formula is C12H17NO3. The number of hydrogen-bond acceptors (Lipinski definition) is 3. The highest BCUT2D eigenvalue weighted by Gasteiger charge is 2.50. The lowest BCUT2D eigenvalue weighted by atomic mass is 9.90. The number of carbonyl (C=O) groups excluding carboxylic acids is 1. The molecule has 1 rings (SSSR count). The van der Waals surface area contributed by atoms with Crippen molar-refractivity contribution in [2.24, 2.45) is 0 Å². The van der Waals surface area contributed by atoms with E-state index in [0.29, 0.717) is 13.0 Å². The number of β-lactam (4-membered cyclic amide) rings is 1. The van der Waals surface area contributed by atoms with Gasteiger partial charge in [0.05, 0.1) is 12.1 Å². The maximum absolute atomic E-state index is 11.6. The van der Waals surface area contributed by atoms with E-state index >= 15 is 0 Å². The fourth-order valence-corrected chi connectivity index (χ4v) is 1.92. The first-order chi connectivity index (χ1) is 7.67. The van der Waals surface area contributed by atoms with Crippen LogP contribution in [0.5, 0.6) is 0 Å². The van der Waals surface area contributed by atoms with E-state index in [0.717, 1.165) is 0 Å². The number of aliphatic hydroxyl groups is 1. The molecule has 16 heavy (non-hydrogen) atoms. The van der Waals surface area contributed by atoms with Crippen molar-refractivity contribution >= 4 is 5.91 Å². The average molecular weight is 223 g/mol. The lowest BCUT2D eigenvalue weighted by Crippen LogP contribution is -2.69. The highest BCUT2D eigenvalue weighted by atomic mass is 16.5. The largest absolute Gasteiger partial charge is 0.390 e. The van der Waals surface area contributed by atoms with Crippen LogP contribution in [-0.2, 0) is 9.53 Å². The summed E-state index contributed by atoms with van der Waals surface area (Å²) in [4.78, 5) is 13.2. The van der Waals surface area contributed by atoms with Crippen LogP contribution >= 0.6 is 0 Å². The third-order valence-corrected chi connectivity index (χ3v) is 2.75. The van der Waals surface area contributed by atoms with E-state index in [2.05, 4.69) is 12.5 Å². The van der Waals surface area contributed by atoms with Crippen LogP contribution in [0.4, 0.5) is 0 Å². The number of ether oxygens (including phenoxy) is 1. The van der Waals surface area contributed by atoms with Gasteiger partial charge in [0.25, 0.3) is 5.91 Å². The zero-order chi connectivity index (χ0) is 12.1. The van der Waals surface area contributed by atoms with Gasteiger partial charge in [0.2, 0.25) is 0 Å². The van der Waals surface area contributed by atoms with Gasteiger partial charge in [-0.3, -0.25) is 4.79 Å². The fraction of sp³-hybridized carbons (Fsp3) is 0.583. The molecule has 1 amide bonds. The number of amides is 1. The normalized spacial score (nSPS) is 25.8. The third kappa shape index (κ3) is 2.26. The summed E-state index contributed by atoms with van der Waals surface area (Å²) < 4.78 is 5.04. The summed E-state index contributed by atoms with van der Waals surface area (Å²) in [6, 6.07) is -0.325. The Morgan fingerprint density at radius 1 is 1.81 bits per heavy atom. The number of carbonyl (C=O) groups is 1. The second-order valence-corrected chi connectivity index (χ2v) is 3.73. The number of rotatable bonds is 6. The second kappa shape index (κ2) is 5.69. The molecule has 4 heteroatoms. The summed E-state index contributed by atoms with van der Waals surface area (Å²) in [6.45, 7) is 4.15. The van der Waals surface area contributed by atoms with Crippen LogP contribution in [0.2, 0.25) is 0 Å².